The van der Waals surface area contributed by atoms with Crippen LogP contribution in [-0.2, 0) is 10.0 Å². The van der Waals surface area contributed by atoms with Crippen LogP contribution in [0, 0.1) is 5.82 Å². The van der Waals surface area contributed by atoms with E-state index >= 15 is 0 Å². The number of carbonyl (C=O) groups excluding carboxylic acids is 1. The van der Waals surface area contributed by atoms with Gasteiger partial charge in [0.05, 0.1) is 16.1 Å². The van der Waals surface area contributed by atoms with Crippen LogP contribution in [-0.4, -0.2) is 14.3 Å². The molecule has 0 unspecified atom stereocenters. The zero-order valence-electron chi connectivity index (χ0n) is 12.4. The molecule has 0 spiro atoms. The fourth-order valence-corrected chi connectivity index (χ4v) is 3.70. The molecule has 0 fully saturated rings. The number of primary amides is 1. The average molecular weight is 344 g/mol. The Balaban J connectivity index is 2.02. The van der Waals surface area contributed by atoms with Crippen molar-refractivity contribution in [1.29, 1.82) is 0 Å². The van der Waals surface area contributed by atoms with Crippen LogP contribution in [0.1, 0.15) is 10.4 Å². The summed E-state index contributed by atoms with van der Waals surface area (Å²) in [5.74, 6) is -1.81. The van der Waals surface area contributed by atoms with Crippen molar-refractivity contribution < 1.29 is 17.6 Å². The first-order chi connectivity index (χ1) is 11.4. The van der Waals surface area contributed by atoms with Gasteiger partial charge in [-0.05, 0) is 29.7 Å². The number of anilines is 1. The number of amides is 1. The Bertz CT molecular complexity index is 1040. The third-order valence-electron chi connectivity index (χ3n) is 3.53. The van der Waals surface area contributed by atoms with Gasteiger partial charge in [-0.3, -0.25) is 9.52 Å². The number of sulfonamides is 1. The molecule has 3 aromatic carbocycles. The van der Waals surface area contributed by atoms with Crippen LogP contribution in [0.15, 0.2) is 65.6 Å². The van der Waals surface area contributed by atoms with Gasteiger partial charge in [0, 0.05) is 5.39 Å². The van der Waals surface area contributed by atoms with Crippen molar-refractivity contribution in [2.75, 3.05) is 4.72 Å². The standard InChI is InChI=1S/C17H13FN2O3S/c18-15-10-12(8-9-14(15)17(19)21)20-24(22,23)16-7-3-5-11-4-1-2-6-13(11)16/h1-10,20H,(H2,19,21). The van der Waals surface area contributed by atoms with Gasteiger partial charge in [-0.2, -0.15) is 0 Å². The van der Waals surface area contributed by atoms with E-state index in [0.29, 0.717) is 5.39 Å². The van der Waals surface area contributed by atoms with Crippen LogP contribution in [0.3, 0.4) is 0 Å². The minimum atomic E-state index is -3.92. The largest absolute Gasteiger partial charge is 0.366 e. The highest BCUT2D eigenvalue weighted by Crippen LogP contribution is 2.25. The van der Waals surface area contributed by atoms with Gasteiger partial charge in [-0.25, -0.2) is 12.8 Å². The number of nitrogens with two attached hydrogens (primary N) is 1. The topological polar surface area (TPSA) is 89.3 Å². The van der Waals surface area contributed by atoms with Crippen molar-refractivity contribution in [3.63, 3.8) is 0 Å². The second-order valence-corrected chi connectivity index (χ2v) is 6.79. The van der Waals surface area contributed by atoms with Crippen molar-refractivity contribution in [2.45, 2.75) is 4.90 Å². The van der Waals surface area contributed by atoms with Gasteiger partial charge < -0.3 is 5.73 Å². The Morgan fingerprint density at radius 3 is 2.42 bits per heavy atom. The van der Waals surface area contributed by atoms with E-state index in [-0.39, 0.29) is 16.1 Å². The quantitative estimate of drug-likeness (QED) is 0.762. The van der Waals surface area contributed by atoms with Crippen LogP contribution < -0.4 is 10.5 Å². The third-order valence-corrected chi connectivity index (χ3v) is 4.97. The molecule has 7 heteroatoms. The Morgan fingerprint density at radius 2 is 1.71 bits per heavy atom. The lowest BCUT2D eigenvalue weighted by Gasteiger charge is -2.11. The lowest BCUT2D eigenvalue weighted by molar-refractivity contribution is 0.0996. The maximum Gasteiger partial charge on any atom is 0.262 e. The number of halogens is 1. The van der Waals surface area contributed by atoms with Crippen molar-refractivity contribution >= 4 is 32.4 Å². The molecule has 0 bridgehead atoms. The molecule has 0 saturated heterocycles. The van der Waals surface area contributed by atoms with E-state index in [9.17, 15) is 17.6 Å². The van der Waals surface area contributed by atoms with Gasteiger partial charge in [0.25, 0.3) is 15.9 Å². The predicted molar refractivity (Wildman–Crippen MR) is 89.7 cm³/mol. The monoisotopic (exact) mass is 344 g/mol. The molecule has 0 aromatic heterocycles. The van der Waals surface area contributed by atoms with Gasteiger partial charge in [-0.1, -0.05) is 36.4 Å². The number of fused-ring (bicyclic) bond motifs is 1. The highest BCUT2D eigenvalue weighted by molar-refractivity contribution is 7.93. The summed E-state index contributed by atoms with van der Waals surface area (Å²) in [5.41, 5.74) is 4.73. The molecule has 0 radical (unpaired) electrons. The van der Waals surface area contributed by atoms with E-state index < -0.39 is 21.7 Å². The number of rotatable bonds is 4. The summed E-state index contributed by atoms with van der Waals surface area (Å²) in [4.78, 5) is 11.1. The maximum absolute atomic E-state index is 13.8. The van der Waals surface area contributed by atoms with E-state index in [4.69, 9.17) is 5.73 Å². The van der Waals surface area contributed by atoms with Gasteiger partial charge in [-0.15, -0.1) is 0 Å². The second kappa shape index (κ2) is 5.93. The van der Waals surface area contributed by atoms with Crippen LogP contribution in [0.4, 0.5) is 10.1 Å². The van der Waals surface area contributed by atoms with Gasteiger partial charge in [0.15, 0.2) is 0 Å². The zero-order chi connectivity index (χ0) is 17.3. The average Bonchev–Trinajstić information content (AvgIpc) is 2.53. The molecule has 0 atom stereocenters. The summed E-state index contributed by atoms with van der Waals surface area (Å²) in [7, 11) is -3.92. The highest BCUT2D eigenvalue weighted by atomic mass is 32.2. The molecule has 122 valence electrons. The molecule has 0 aliphatic heterocycles. The van der Waals surface area contributed by atoms with Crippen LogP contribution in [0.2, 0.25) is 0 Å². The van der Waals surface area contributed by atoms with Crippen molar-refractivity contribution in [1.82, 2.24) is 0 Å². The number of benzene rings is 3. The van der Waals surface area contributed by atoms with Gasteiger partial charge in [0.2, 0.25) is 0 Å². The van der Waals surface area contributed by atoms with Crippen molar-refractivity contribution in [2.24, 2.45) is 5.73 Å². The second-order valence-electron chi connectivity index (χ2n) is 5.14. The molecule has 5 nitrogen and oxygen atoms in total. The van der Waals surface area contributed by atoms with E-state index in [0.717, 1.165) is 17.5 Å². The highest BCUT2D eigenvalue weighted by Gasteiger charge is 2.18. The molecule has 0 heterocycles. The first-order valence-corrected chi connectivity index (χ1v) is 8.47. The zero-order valence-corrected chi connectivity index (χ0v) is 13.2. The first kappa shape index (κ1) is 15.9. The van der Waals surface area contributed by atoms with Gasteiger partial charge in [0.1, 0.15) is 5.82 Å². The molecule has 3 N–H and O–H groups in total. The van der Waals surface area contributed by atoms with Crippen LogP contribution in [0.5, 0.6) is 0 Å². The van der Waals surface area contributed by atoms with E-state index in [2.05, 4.69) is 4.72 Å². The SMILES string of the molecule is NC(=O)c1ccc(NS(=O)(=O)c2cccc3ccccc23)cc1F. The van der Waals surface area contributed by atoms with E-state index in [1.165, 1.54) is 12.1 Å². The Labute approximate surface area is 138 Å². The minimum absolute atomic E-state index is 0.00503. The summed E-state index contributed by atoms with van der Waals surface area (Å²) in [6, 6.07) is 15.3. The predicted octanol–water partition coefficient (Wildman–Crippen LogP) is 2.88. The lowest BCUT2D eigenvalue weighted by atomic mass is 10.1. The Hall–Kier alpha value is -2.93. The summed E-state index contributed by atoms with van der Waals surface area (Å²) < 4.78 is 41.4. The summed E-state index contributed by atoms with van der Waals surface area (Å²) in [6.45, 7) is 0. The minimum Gasteiger partial charge on any atom is -0.366 e. The number of carbonyl (C=O) groups is 1. The van der Waals surface area contributed by atoms with Crippen molar-refractivity contribution in [3.05, 3.63) is 72.0 Å². The summed E-state index contributed by atoms with van der Waals surface area (Å²) >= 11 is 0. The lowest BCUT2D eigenvalue weighted by Crippen LogP contribution is -2.16. The number of hydrogen-bond donors (Lipinski definition) is 2. The molecule has 0 aliphatic rings. The van der Waals surface area contributed by atoms with E-state index in [1.54, 1.807) is 30.3 Å². The molecule has 3 aromatic rings. The fourth-order valence-electron chi connectivity index (χ4n) is 2.42. The molecular formula is C17H13FN2O3S. The molecule has 0 aliphatic carbocycles. The normalized spacial score (nSPS) is 11.4. The Kier molecular flexibility index (Phi) is 3.94. The smallest absolute Gasteiger partial charge is 0.262 e. The van der Waals surface area contributed by atoms with Crippen LogP contribution >= 0.6 is 0 Å². The summed E-state index contributed by atoms with van der Waals surface area (Å²) in [5, 5.41) is 1.33. The van der Waals surface area contributed by atoms with Gasteiger partial charge >= 0.3 is 0 Å². The van der Waals surface area contributed by atoms with Crippen LogP contribution in [0.25, 0.3) is 10.8 Å². The number of hydrogen-bond acceptors (Lipinski definition) is 3. The fraction of sp³-hybridized carbons (Fsp3) is 0. The van der Waals surface area contributed by atoms with Crippen molar-refractivity contribution in [3.8, 4) is 0 Å². The summed E-state index contributed by atoms with van der Waals surface area (Å²) in [6.07, 6.45) is 0. The maximum atomic E-state index is 13.8. The van der Waals surface area contributed by atoms with E-state index in [1.807, 2.05) is 6.07 Å². The molecule has 24 heavy (non-hydrogen) atoms. The molecule has 1 amide bonds. The molecule has 3 rings (SSSR count). The number of nitrogens with one attached hydrogen (secondary N) is 1. The third kappa shape index (κ3) is 2.93. The molecule has 0 saturated carbocycles. The molecular weight excluding hydrogens is 331 g/mol. The Morgan fingerprint density at radius 1 is 1.00 bits per heavy atom. The first-order valence-electron chi connectivity index (χ1n) is 6.98.